The molecule has 0 radical (unpaired) electrons. The molecule has 220 valence electrons. The number of benzene rings is 2. The molecule has 0 fully saturated rings. The molecule has 0 saturated heterocycles. The Kier molecular flexibility index (Phi) is 11.0. The molecule has 0 unspecified atom stereocenters. The number of rotatable bonds is 18. The summed E-state index contributed by atoms with van der Waals surface area (Å²) in [6.07, 6.45) is 10.4. The number of ether oxygens (including phenoxy) is 2. The number of unbranched alkanes of at least 4 members (excludes halogenated alkanes) is 8. The molecule has 0 atom stereocenters. The molecule has 0 amide bonds. The van der Waals surface area contributed by atoms with Gasteiger partial charge in [-0.15, -0.1) is 9.48 Å². The largest absolute Gasteiger partial charge is 0.494 e. The van der Waals surface area contributed by atoms with Crippen molar-refractivity contribution < 1.29 is 18.5 Å². The van der Waals surface area contributed by atoms with Crippen LogP contribution in [-0.4, -0.2) is 32.7 Å². The summed E-state index contributed by atoms with van der Waals surface area (Å²) in [5.41, 5.74) is 0.546. The maximum Gasteiger partial charge on any atom is 0.440 e. The molecule has 0 bridgehead atoms. The van der Waals surface area contributed by atoms with Crippen molar-refractivity contribution in [2.45, 2.75) is 70.9 Å². The highest BCUT2D eigenvalue weighted by Gasteiger charge is 2.05. The van der Waals surface area contributed by atoms with Crippen molar-refractivity contribution in [3.8, 4) is 11.5 Å². The van der Waals surface area contributed by atoms with Gasteiger partial charge in [-0.05, 0) is 48.2 Å². The van der Waals surface area contributed by atoms with Crippen molar-refractivity contribution in [3.05, 3.63) is 102 Å². The summed E-state index contributed by atoms with van der Waals surface area (Å²) < 4.78 is 23.1. The van der Waals surface area contributed by atoms with Crippen molar-refractivity contribution in [2.75, 3.05) is 13.2 Å². The van der Waals surface area contributed by atoms with Gasteiger partial charge in [-0.3, -0.25) is 0 Å². The van der Waals surface area contributed by atoms with Gasteiger partial charge in [-0.25, -0.2) is 29.1 Å². The smallest absolute Gasteiger partial charge is 0.440 e. The Hall–Kier alpha value is -4.48. The third-order valence-corrected chi connectivity index (χ3v) is 6.58. The lowest BCUT2D eigenvalue weighted by Crippen LogP contribution is -2.17. The minimum absolute atomic E-state index is 0.187. The Morgan fingerprint density at radius 2 is 0.854 bits per heavy atom. The molecule has 0 saturated carbocycles. The van der Waals surface area contributed by atoms with E-state index in [1.54, 1.807) is 0 Å². The molecule has 0 aliphatic rings. The minimum Gasteiger partial charge on any atom is -0.494 e. The molecule has 2 N–H and O–H groups in total. The second kappa shape index (κ2) is 15.3. The minimum atomic E-state index is -0.761. The lowest BCUT2D eigenvalue weighted by Gasteiger charge is -2.08. The van der Waals surface area contributed by atoms with Crippen molar-refractivity contribution in [3.63, 3.8) is 0 Å². The van der Waals surface area contributed by atoms with Gasteiger partial charge in [0.15, 0.2) is 0 Å². The third kappa shape index (κ3) is 9.89. The molecule has 2 aromatic carbocycles. The van der Waals surface area contributed by atoms with Gasteiger partial charge in [0.05, 0.1) is 26.3 Å². The standard InChI is InChI=1S/C29H36N4O8/c34-26-30-28(36)40-32(26)20-22-10-14-24(15-11-22)38-18-8-6-4-2-1-3-5-7-9-19-39-25-16-12-23(13-17-25)21-33-27(35)31-29(37)41-33/h10-17H,1-9,18-21H2,(H,30,34,36)(H,31,35,37). The maximum atomic E-state index is 11.5. The SMILES string of the molecule is O=c1[nH]c(=O)n(Cc2ccc(OCCCCCCCCCCCOc3ccc(Cn4oc(=O)[nH]c4=O)cc3)cc2)o1. The third-order valence-electron chi connectivity index (χ3n) is 6.58. The number of hydrogen-bond donors (Lipinski definition) is 2. The summed E-state index contributed by atoms with van der Waals surface area (Å²) in [5.74, 6) is 0.0325. The fourth-order valence-corrected chi connectivity index (χ4v) is 4.37. The van der Waals surface area contributed by atoms with Crippen LogP contribution < -0.4 is 32.4 Å². The molecule has 4 aromatic rings. The summed E-state index contributed by atoms with van der Waals surface area (Å²) in [5, 5.41) is 0. The van der Waals surface area contributed by atoms with E-state index in [0.29, 0.717) is 13.2 Å². The molecule has 12 heteroatoms. The second-order valence-electron chi connectivity index (χ2n) is 9.86. The van der Waals surface area contributed by atoms with Crippen molar-refractivity contribution >= 4 is 0 Å². The number of H-pyrrole nitrogens is 2. The predicted molar refractivity (Wildman–Crippen MR) is 151 cm³/mol. The van der Waals surface area contributed by atoms with E-state index >= 15 is 0 Å². The first-order chi connectivity index (χ1) is 20.0. The van der Waals surface area contributed by atoms with E-state index in [2.05, 4.69) is 9.97 Å². The van der Waals surface area contributed by atoms with Gasteiger partial charge in [-0.1, -0.05) is 69.2 Å². The van der Waals surface area contributed by atoms with Crippen LogP contribution >= 0.6 is 0 Å². The number of nitrogens with zero attached hydrogens (tertiary/aromatic N) is 2. The zero-order valence-corrected chi connectivity index (χ0v) is 23.0. The number of hydrogen-bond acceptors (Lipinski definition) is 8. The van der Waals surface area contributed by atoms with Gasteiger partial charge in [-0.2, -0.15) is 0 Å². The fraction of sp³-hybridized carbons (Fsp3) is 0.448. The van der Waals surface area contributed by atoms with Crippen LogP contribution in [0, 0.1) is 0 Å². The van der Waals surface area contributed by atoms with Crippen LogP contribution in [0.4, 0.5) is 0 Å². The predicted octanol–water partition coefficient (Wildman–Crippen LogP) is 3.64. The Morgan fingerprint density at radius 1 is 0.512 bits per heavy atom. The zero-order valence-electron chi connectivity index (χ0n) is 23.0. The van der Waals surface area contributed by atoms with Gasteiger partial charge in [0.25, 0.3) is 0 Å². The van der Waals surface area contributed by atoms with Crippen LogP contribution in [0.3, 0.4) is 0 Å². The molecule has 0 spiro atoms. The molecule has 12 nitrogen and oxygen atoms in total. The average molecular weight is 569 g/mol. The van der Waals surface area contributed by atoms with Gasteiger partial charge in [0.2, 0.25) is 0 Å². The molecule has 0 aliphatic heterocycles. The Bertz CT molecular complexity index is 1440. The van der Waals surface area contributed by atoms with Crippen molar-refractivity contribution in [2.24, 2.45) is 0 Å². The molecular formula is C29H36N4O8. The van der Waals surface area contributed by atoms with Crippen LogP contribution in [-0.2, 0) is 13.1 Å². The number of nitrogens with one attached hydrogen (secondary N) is 2. The highest BCUT2D eigenvalue weighted by atomic mass is 16.5. The Labute approximate surface area is 235 Å². The van der Waals surface area contributed by atoms with Crippen molar-refractivity contribution in [1.29, 1.82) is 0 Å². The maximum absolute atomic E-state index is 11.5. The molecule has 0 aliphatic carbocycles. The monoisotopic (exact) mass is 568 g/mol. The molecular weight excluding hydrogens is 532 g/mol. The first-order valence-electron chi connectivity index (χ1n) is 14.0. The quantitative estimate of drug-likeness (QED) is 0.172. The van der Waals surface area contributed by atoms with E-state index in [1.807, 2.05) is 48.5 Å². The van der Waals surface area contributed by atoms with E-state index in [1.165, 1.54) is 32.1 Å². The van der Waals surface area contributed by atoms with E-state index in [-0.39, 0.29) is 13.1 Å². The van der Waals surface area contributed by atoms with Gasteiger partial charge in [0, 0.05) is 0 Å². The normalized spacial score (nSPS) is 11.1. The zero-order chi connectivity index (χ0) is 28.9. The lowest BCUT2D eigenvalue weighted by molar-refractivity contribution is 0.257. The lowest BCUT2D eigenvalue weighted by atomic mass is 10.1. The van der Waals surface area contributed by atoms with Crippen molar-refractivity contribution in [1.82, 2.24) is 19.4 Å². The van der Waals surface area contributed by atoms with Crippen LogP contribution in [0.25, 0.3) is 0 Å². The van der Waals surface area contributed by atoms with E-state index < -0.39 is 22.9 Å². The van der Waals surface area contributed by atoms with Crippen LogP contribution in [0.5, 0.6) is 11.5 Å². The highest BCUT2D eigenvalue weighted by Crippen LogP contribution is 2.16. The topological polar surface area (TPSA) is 154 Å². The van der Waals surface area contributed by atoms with Crippen LogP contribution in [0.2, 0.25) is 0 Å². The Morgan fingerprint density at radius 3 is 1.17 bits per heavy atom. The molecule has 2 aromatic heterocycles. The summed E-state index contributed by atoms with van der Waals surface area (Å²) in [7, 11) is 0. The fourth-order valence-electron chi connectivity index (χ4n) is 4.37. The number of aromatic amines is 2. The van der Waals surface area contributed by atoms with E-state index in [4.69, 9.17) is 18.5 Å². The average Bonchev–Trinajstić information content (AvgIpc) is 3.45. The van der Waals surface area contributed by atoms with E-state index in [9.17, 15) is 19.2 Å². The van der Waals surface area contributed by atoms with Gasteiger partial charge >= 0.3 is 22.9 Å². The van der Waals surface area contributed by atoms with Gasteiger partial charge < -0.3 is 18.5 Å². The van der Waals surface area contributed by atoms with Gasteiger partial charge in [0.1, 0.15) is 11.5 Å². The number of aromatic nitrogens is 4. The summed E-state index contributed by atoms with van der Waals surface area (Å²) in [6.45, 7) is 1.71. The molecule has 4 rings (SSSR count). The summed E-state index contributed by atoms with van der Waals surface area (Å²) >= 11 is 0. The first-order valence-corrected chi connectivity index (χ1v) is 14.0. The Balaban J connectivity index is 0.957. The van der Waals surface area contributed by atoms with Crippen LogP contribution in [0.1, 0.15) is 68.9 Å². The summed E-state index contributed by atoms with van der Waals surface area (Å²) in [6, 6.07) is 14.8. The second-order valence-corrected chi connectivity index (χ2v) is 9.86. The molecule has 41 heavy (non-hydrogen) atoms. The highest BCUT2D eigenvalue weighted by molar-refractivity contribution is 5.28. The van der Waals surface area contributed by atoms with E-state index in [0.717, 1.165) is 57.8 Å². The molecule has 2 heterocycles. The van der Waals surface area contributed by atoms with Crippen LogP contribution in [0.15, 0.2) is 76.8 Å². The first kappa shape index (κ1) is 29.5. The summed E-state index contributed by atoms with van der Waals surface area (Å²) in [4.78, 5) is 49.3.